The van der Waals surface area contributed by atoms with Crippen LogP contribution >= 0.6 is 0 Å². The van der Waals surface area contributed by atoms with Gasteiger partial charge in [-0.25, -0.2) is 4.98 Å². The van der Waals surface area contributed by atoms with Crippen molar-refractivity contribution in [2.75, 3.05) is 11.9 Å². The number of para-hydroxylation sites is 2. The molecule has 1 heterocycles. The molecule has 0 atom stereocenters. The third-order valence-corrected chi connectivity index (χ3v) is 4.49. The molecule has 0 N–H and O–H groups in total. The van der Waals surface area contributed by atoms with E-state index < -0.39 is 0 Å². The van der Waals surface area contributed by atoms with Crippen LogP contribution in [0.25, 0.3) is 0 Å². The van der Waals surface area contributed by atoms with Gasteiger partial charge in [-0.05, 0) is 42.0 Å². The zero-order chi connectivity index (χ0) is 19.2. The third kappa shape index (κ3) is 4.18. The molecule has 0 spiro atoms. The standard InChI is InChI=1S/C24H21N3O/c1-27(20-8-4-2-5-9-20)24-23(25-16-17-26-24)18-19-12-14-22(15-13-19)28-21-10-6-3-7-11-21/h2-17H,18H2,1H3. The summed E-state index contributed by atoms with van der Waals surface area (Å²) in [5.41, 5.74) is 3.17. The van der Waals surface area contributed by atoms with E-state index in [0.717, 1.165) is 34.3 Å². The predicted molar refractivity (Wildman–Crippen MR) is 112 cm³/mol. The summed E-state index contributed by atoms with van der Waals surface area (Å²) >= 11 is 0. The largest absolute Gasteiger partial charge is 0.457 e. The minimum Gasteiger partial charge on any atom is -0.457 e. The molecule has 138 valence electrons. The van der Waals surface area contributed by atoms with E-state index in [1.807, 2.05) is 67.7 Å². The molecular weight excluding hydrogens is 346 g/mol. The summed E-state index contributed by atoms with van der Waals surface area (Å²) in [7, 11) is 2.01. The number of anilines is 2. The number of nitrogens with zero attached hydrogens (tertiary/aromatic N) is 3. The molecule has 3 aromatic carbocycles. The monoisotopic (exact) mass is 367 g/mol. The Hall–Kier alpha value is -3.66. The Morgan fingerprint density at radius 1 is 0.714 bits per heavy atom. The van der Waals surface area contributed by atoms with Gasteiger partial charge in [-0.15, -0.1) is 0 Å². The predicted octanol–water partition coefficient (Wildman–Crippen LogP) is 5.63. The maximum Gasteiger partial charge on any atom is 0.154 e. The van der Waals surface area contributed by atoms with Gasteiger partial charge in [0.25, 0.3) is 0 Å². The maximum absolute atomic E-state index is 5.87. The minimum absolute atomic E-state index is 0.700. The molecule has 0 aliphatic rings. The fourth-order valence-corrected chi connectivity index (χ4v) is 3.03. The van der Waals surface area contributed by atoms with Crippen molar-refractivity contribution in [1.82, 2.24) is 9.97 Å². The number of ether oxygens (including phenoxy) is 1. The summed E-state index contributed by atoms with van der Waals surface area (Å²) in [6, 6.07) is 28.1. The molecule has 0 fully saturated rings. The summed E-state index contributed by atoms with van der Waals surface area (Å²) in [5.74, 6) is 2.50. The zero-order valence-corrected chi connectivity index (χ0v) is 15.7. The molecule has 0 radical (unpaired) electrons. The van der Waals surface area contributed by atoms with Crippen molar-refractivity contribution in [2.24, 2.45) is 0 Å². The molecule has 4 aromatic rings. The van der Waals surface area contributed by atoms with Gasteiger partial charge in [-0.3, -0.25) is 4.98 Å². The summed E-state index contributed by atoms with van der Waals surface area (Å²) in [4.78, 5) is 11.2. The fraction of sp³-hybridized carbons (Fsp3) is 0.0833. The van der Waals surface area contributed by atoms with Gasteiger partial charge < -0.3 is 9.64 Å². The van der Waals surface area contributed by atoms with Crippen molar-refractivity contribution >= 4 is 11.5 Å². The van der Waals surface area contributed by atoms with Crippen LogP contribution in [0, 0.1) is 0 Å². The summed E-state index contributed by atoms with van der Waals surface area (Å²) in [6.45, 7) is 0. The van der Waals surface area contributed by atoms with Crippen molar-refractivity contribution in [1.29, 1.82) is 0 Å². The highest BCUT2D eigenvalue weighted by Crippen LogP contribution is 2.26. The molecule has 4 nitrogen and oxygen atoms in total. The van der Waals surface area contributed by atoms with E-state index in [4.69, 9.17) is 4.74 Å². The first-order chi connectivity index (χ1) is 13.8. The molecule has 4 heteroatoms. The molecule has 0 amide bonds. The van der Waals surface area contributed by atoms with Crippen molar-refractivity contribution in [3.63, 3.8) is 0 Å². The van der Waals surface area contributed by atoms with E-state index in [1.165, 1.54) is 0 Å². The van der Waals surface area contributed by atoms with Crippen LogP contribution in [0.1, 0.15) is 11.3 Å². The molecule has 4 rings (SSSR count). The van der Waals surface area contributed by atoms with Crippen molar-refractivity contribution < 1.29 is 4.74 Å². The van der Waals surface area contributed by atoms with Crippen LogP contribution in [0.15, 0.2) is 97.3 Å². The Labute approximate surface area is 165 Å². The Kier molecular flexibility index (Phi) is 5.29. The summed E-state index contributed by atoms with van der Waals surface area (Å²) in [5, 5.41) is 0. The Morgan fingerprint density at radius 3 is 2.04 bits per heavy atom. The van der Waals surface area contributed by atoms with Crippen LogP contribution < -0.4 is 9.64 Å². The highest BCUT2D eigenvalue weighted by molar-refractivity contribution is 5.61. The lowest BCUT2D eigenvalue weighted by Crippen LogP contribution is -2.14. The lowest BCUT2D eigenvalue weighted by atomic mass is 10.1. The van der Waals surface area contributed by atoms with Crippen LogP contribution in [-0.4, -0.2) is 17.0 Å². The second-order valence-corrected chi connectivity index (χ2v) is 6.46. The topological polar surface area (TPSA) is 38.2 Å². The first-order valence-electron chi connectivity index (χ1n) is 9.20. The molecule has 0 saturated carbocycles. The number of hydrogen-bond acceptors (Lipinski definition) is 4. The van der Waals surface area contributed by atoms with Gasteiger partial charge in [-0.2, -0.15) is 0 Å². The Morgan fingerprint density at radius 2 is 1.32 bits per heavy atom. The molecule has 0 saturated heterocycles. The Balaban J connectivity index is 1.52. The van der Waals surface area contributed by atoms with E-state index in [2.05, 4.69) is 39.1 Å². The van der Waals surface area contributed by atoms with E-state index in [0.29, 0.717) is 6.42 Å². The van der Waals surface area contributed by atoms with Gasteiger partial charge in [0, 0.05) is 31.5 Å². The Bertz CT molecular complexity index is 1020. The molecular formula is C24H21N3O. The quantitative estimate of drug-likeness (QED) is 0.443. The summed E-state index contributed by atoms with van der Waals surface area (Å²) in [6.07, 6.45) is 4.17. The molecule has 0 unspecified atom stereocenters. The second-order valence-electron chi connectivity index (χ2n) is 6.46. The van der Waals surface area contributed by atoms with Crippen LogP contribution in [0.3, 0.4) is 0 Å². The van der Waals surface area contributed by atoms with Gasteiger partial charge in [0.05, 0.1) is 5.69 Å². The first kappa shape index (κ1) is 17.7. The highest BCUT2D eigenvalue weighted by atomic mass is 16.5. The highest BCUT2D eigenvalue weighted by Gasteiger charge is 2.12. The summed E-state index contributed by atoms with van der Waals surface area (Å²) < 4.78 is 5.87. The smallest absolute Gasteiger partial charge is 0.154 e. The van der Waals surface area contributed by atoms with Crippen LogP contribution in [0.5, 0.6) is 11.5 Å². The van der Waals surface area contributed by atoms with Crippen molar-refractivity contribution in [2.45, 2.75) is 6.42 Å². The lowest BCUT2D eigenvalue weighted by Gasteiger charge is -2.20. The molecule has 28 heavy (non-hydrogen) atoms. The van der Waals surface area contributed by atoms with E-state index in [9.17, 15) is 0 Å². The van der Waals surface area contributed by atoms with Gasteiger partial charge >= 0.3 is 0 Å². The molecule has 0 aliphatic carbocycles. The van der Waals surface area contributed by atoms with Crippen LogP contribution in [0.2, 0.25) is 0 Å². The van der Waals surface area contributed by atoms with Gasteiger partial charge in [0.15, 0.2) is 5.82 Å². The van der Waals surface area contributed by atoms with Crippen LogP contribution in [-0.2, 0) is 6.42 Å². The SMILES string of the molecule is CN(c1ccccc1)c1nccnc1Cc1ccc(Oc2ccccc2)cc1. The zero-order valence-electron chi connectivity index (χ0n) is 15.7. The van der Waals surface area contributed by atoms with Crippen molar-refractivity contribution in [3.8, 4) is 11.5 Å². The normalized spacial score (nSPS) is 10.5. The lowest BCUT2D eigenvalue weighted by molar-refractivity contribution is 0.482. The number of hydrogen-bond donors (Lipinski definition) is 0. The average molecular weight is 367 g/mol. The van der Waals surface area contributed by atoms with E-state index in [1.54, 1.807) is 12.4 Å². The van der Waals surface area contributed by atoms with E-state index in [-0.39, 0.29) is 0 Å². The minimum atomic E-state index is 0.700. The number of benzene rings is 3. The number of aromatic nitrogens is 2. The third-order valence-electron chi connectivity index (χ3n) is 4.49. The van der Waals surface area contributed by atoms with Gasteiger partial charge in [0.1, 0.15) is 11.5 Å². The molecule has 0 aliphatic heterocycles. The first-order valence-corrected chi connectivity index (χ1v) is 9.20. The number of rotatable bonds is 6. The van der Waals surface area contributed by atoms with Gasteiger partial charge in [0.2, 0.25) is 0 Å². The second kappa shape index (κ2) is 8.35. The van der Waals surface area contributed by atoms with E-state index >= 15 is 0 Å². The molecule has 1 aromatic heterocycles. The van der Waals surface area contributed by atoms with Crippen molar-refractivity contribution in [3.05, 3.63) is 109 Å². The molecule has 0 bridgehead atoms. The fourth-order valence-electron chi connectivity index (χ4n) is 3.03. The van der Waals surface area contributed by atoms with Crippen LogP contribution in [0.4, 0.5) is 11.5 Å². The maximum atomic E-state index is 5.87. The average Bonchev–Trinajstić information content (AvgIpc) is 2.76. The van der Waals surface area contributed by atoms with Gasteiger partial charge in [-0.1, -0.05) is 48.5 Å².